The van der Waals surface area contributed by atoms with Crippen molar-refractivity contribution < 1.29 is 13.5 Å². The maximum atomic E-state index is 11.5. The van der Waals surface area contributed by atoms with Gasteiger partial charge in [0, 0.05) is 13.1 Å². The summed E-state index contributed by atoms with van der Waals surface area (Å²) in [5.74, 6) is 0.593. The predicted molar refractivity (Wildman–Crippen MR) is 60.1 cm³/mol. The van der Waals surface area contributed by atoms with Gasteiger partial charge in [-0.1, -0.05) is 13.8 Å². The molecule has 0 aromatic heterocycles. The van der Waals surface area contributed by atoms with Crippen molar-refractivity contribution in [3.63, 3.8) is 0 Å². The van der Waals surface area contributed by atoms with Crippen LogP contribution < -0.4 is 0 Å². The van der Waals surface area contributed by atoms with Crippen LogP contribution in [-0.2, 0) is 10.0 Å². The Labute approximate surface area is 92.3 Å². The molecule has 1 saturated heterocycles. The maximum Gasteiger partial charge on any atom is 0.214 e. The molecule has 1 aliphatic heterocycles. The molecule has 4 nitrogen and oxygen atoms in total. The number of hydrogen-bond acceptors (Lipinski definition) is 3. The number of rotatable bonds is 4. The van der Waals surface area contributed by atoms with Crippen molar-refractivity contribution >= 4 is 10.0 Å². The van der Waals surface area contributed by atoms with Gasteiger partial charge in [-0.3, -0.25) is 0 Å². The second-order valence-corrected chi connectivity index (χ2v) is 7.19. The molecule has 90 valence electrons. The van der Waals surface area contributed by atoms with Crippen LogP contribution in [0.1, 0.15) is 33.6 Å². The van der Waals surface area contributed by atoms with E-state index in [4.69, 9.17) is 0 Å². The van der Waals surface area contributed by atoms with E-state index < -0.39 is 15.6 Å². The molecule has 1 fully saturated rings. The lowest BCUT2D eigenvalue weighted by Crippen LogP contribution is -2.42. The molecule has 15 heavy (non-hydrogen) atoms. The lowest BCUT2D eigenvalue weighted by Gasteiger charge is -2.29. The van der Waals surface area contributed by atoms with Crippen LogP contribution in [0.25, 0.3) is 0 Å². The van der Waals surface area contributed by atoms with E-state index in [9.17, 15) is 13.5 Å². The van der Waals surface area contributed by atoms with Crippen molar-refractivity contribution in [2.24, 2.45) is 5.92 Å². The van der Waals surface area contributed by atoms with Crippen LogP contribution in [0.15, 0.2) is 0 Å². The van der Waals surface area contributed by atoms with Gasteiger partial charge in [-0.15, -0.1) is 0 Å². The molecule has 0 saturated carbocycles. The molecule has 5 heteroatoms. The van der Waals surface area contributed by atoms with E-state index in [0.29, 0.717) is 25.3 Å². The van der Waals surface area contributed by atoms with E-state index in [1.54, 1.807) is 6.92 Å². The van der Waals surface area contributed by atoms with Gasteiger partial charge in [-0.2, -0.15) is 4.31 Å². The summed E-state index contributed by atoms with van der Waals surface area (Å²) in [5, 5.41) is 10.1. The summed E-state index contributed by atoms with van der Waals surface area (Å²) in [6.07, 6.45) is 1.30. The fraction of sp³-hybridized carbons (Fsp3) is 1.00. The highest BCUT2D eigenvalue weighted by atomic mass is 32.2. The molecule has 1 rings (SSSR count). The molecule has 0 radical (unpaired) electrons. The number of nitrogens with zero attached hydrogens (tertiary/aromatic N) is 1. The zero-order valence-corrected chi connectivity index (χ0v) is 10.5. The van der Waals surface area contributed by atoms with Crippen molar-refractivity contribution in [3.8, 4) is 0 Å². The highest BCUT2D eigenvalue weighted by Gasteiger charge is 2.34. The third kappa shape index (κ3) is 3.74. The van der Waals surface area contributed by atoms with Crippen LogP contribution >= 0.6 is 0 Å². The first-order chi connectivity index (χ1) is 6.73. The molecular weight excluding hydrogens is 214 g/mol. The second kappa shape index (κ2) is 4.39. The Kier molecular flexibility index (Phi) is 3.79. The zero-order chi connectivity index (χ0) is 11.7. The van der Waals surface area contributed by atoms with E-state index in [0.717, 1.165) is 0 Å². The van der Waals surface area contributed by atoms with Crippen LogP contribution in [0.4, 0.5) is 0 Å². The van der Waals surface area contributed by atoms with Crippen LogP contribution in [0.5, 0.6) is 0 Å². The van der Waals surface area contributed by atoms with Gasteiger partial charge in [0.1, 0.15) is 0 Å². The zero-order valence-electron chi connectivity index (χ0n) is 9.73. The van der Waals surface area contributed by atoms with Crippen molar-refractivity contribution in [3.05, 3.63) is 0 Å². The molecule has 0 bridgehead atoms. The smallest absolute Gasteiger partial charge is 0.214 e. The summed E-state index contributed by atoms with van der Waals surface area (Å²) in [6.45, 7) is 6.53. The number of β-amino-alcohol motifs (C(OH)–C–C–N with tert-alkyl or cyclic N) is 1. The summed E-state index contributed by atoms with van der Waals surface area (Å²) in [4.78, 5) is 0. The van der Waals surface area contributed by atoms with Gasteiger partial charge in [-0.05, 0) is 25.7 Å². The lowest BCUT2D eigenvalue weighted by atomic mass is 9.94. The van der Waals surface area contributed by atoms with Crippen LogP contribution in [0.2, 0.25) is 0 Å². The molecule has 0 aromatic carbocycles. The van der Waals surface area contributed by atoms with Gasteiger partial charge in [-0.25, -0.2) is 8.42 Å². The number of sulfonamides is 1. The molecule has 1 heterocycles. The van der Waals surface area contributed by atoms with Gasteiger partial charge >= 0.3 is 0 Å². The Balaban J connectivity index is 2.61. The fourth-order valence-corrected chi connectivity index (χ4v) is 3.83. The Morgan fingerprint density at radius 3 is 2.47 bits per heavy atom. The minimum Gasteiger partial charge on any atom is -0.389 e. The van der Waals surface area contributed by atoms with E-state index in [-0.39, 0.29) is 12.3 Å². The quantitative estimate of drug-likeness (QED) is 0.785. The molecule has 0 amide bonds. The van der Waals surface area contributed by atoms with E-state index >= 15 is 0 Å². The van der Waals surface area contributed by atoms with E-state index in [2.05, 4.69) is 0 Å². The van der Waals surface area contributed by atoms with Gasteiger partial charge < -0.3 is 5.11 Å². The van der Waals surface area contributed by atoms with E-state index in [1.807, 2.05) is 13.8 Å². The molecule has 0 spiro atoms. The topological polar surface area (TPSA) is 57.6 Å². The van der Waals surface area contributed by atoms with Gasteiger partial charge in [0.05, 0.1) is 11.4 Å². The first kappa shape index (κ1) is 12.9. The van der Waals surface area contributed by atoms with Crippen LogP contribution in [0.3, 0.4) is 0 Å². The van der Waals surface area contributed by atoms with Crippen molar-refractivity contribution in [2.75, 3.05) is 18.8 Å². The monoisotopic (exact) mass is 235 g/mol. The van der Waals surface area contributed by atoms with Gasteiger partial charge in [0.25, 0.3) is 0 Å². The van der Waals surface area contributed by atoms with Crippen LogP contribution in [0, 0.1) is 5.92 Å². The van der Waals surface area contributed by atoms with Crippen molar-refractivity contribution in [1.29, 1.82) is 0 Å². The first-order valence-corrected chi connectivity index (χ1v) is 7.04. The summed E-state index contributed by atoms with van der Waals surface area (Å²) >= 11 is 0. The molecule has 0 aliphatic carbocycles. The van der Waals surface area contributed by atoms with Gasteiger partial charge in [0.15, 0.2) is 0 Å². The van der Waals surface area contributed by atoms with Crippen molar-refractivity contribution in [2.45, 2.75) is 39.2 Å². The summed E-state index contributed by atoms with van der Waals surface area (Å²) in [6, 6.07) is 0. The normalized spacial score (nSPS) is 25.7. The number of aliphatic hydroxyl groups is 1. The molecule has 1 N–H and O–H groups in total. The van der Waals surface area contributed by atoms with E-state index in [1.165, 1.54) is 4.31 Å². The summed E-state index contributed by atoms with van der Waals surface area (Å²) in [7, 11) is -3.08. The SMILES string of the molecule is CC(C)CC(C)(O)CN1CCCS1(=O)=O. The highest BCUT2D eigenvalue weighted by Crippen LogP contribution is 2.22. The molecule has 1 atom stereocenters. The first-order valence-electron chi connectivity index (χ1n) is 5.43. The second-order valence-electron chi connectivity index (χ2n) is 5.10. The average molecular weight is 235 g/mol. The molecule has 0 aromatic rings. The Morgan fingerprint density at radius 1 is 1.47 bits per heavy atom. The number of hydrogen-bond donors (Lipinski definition) is 1. The Morgan fingerprint density at radius 2 is 2.07 bits per heavy atom. The third-order valence-electron chi connectivity index (χ3n) is 2.57. The van der Waals surface area contributed by atoms with Crippen LogP contribution in [-0.4, -0.2) is 42.3 Å². The summed E-state index contributed by atoms with van der Waals surface area (Å²) in [5.41, 5.74) is -0.911. The lowest BCUT2D eigenvalue weighted by molar-refractivity contribution is 0.0226. The highest BCUT2D eigenvalue weighted by molar-refractivity contribution is 7.89. The molecular formula is C10H21NO3S. The fourth-order valence-electron chi connectivity index (χ4n) is 2.19. The molecule has 1 unspecified atom stereocenters. The maximum absolute atomic E-state index is 11.5. The molecule has 1 aliphatic rings. The largest absolute Gasteiger partial charge is 0.389 e. The third-order valence-corrected chi connectivity index (χ3v) is 4.47. The Bertz CT molecular complexity index is 309. The predicted octanol–water partition coefficient (Wildman–Crippen LogP) is 0.819. The van der Waals surface area contributed by atoms with Gasteiger partial charge in [0.2, 0.25) is 10.0 Å². The average Bonchev–Trinajstić information content (AvgIpc) is 2.26. The Hall–Kier alpha value is -0.130. The minimum atomic E-state index is -3.08. The minimum absolute atomic E-state index is 0.227. The standard InChI is InChI=1S/C10H21NO3S/c1-9(2)7-10(3,12)8-11-5-4-6-15(11,13)14/h9,12H,4-8H2,1-3H3. The summed E-state index contributed by atoms with van der Waals surface area (Å²) < 4.78 is 24.5. The van der Waals surface area contributed by atoms with Crippen molar-refractivity contribution in [1.82, 2.24) is 4.31 Å².